The number of piperazine rings is 1. The van der Waals surface area contributed by atoms with Gasteiger partial charge in [0.05, 0.1) is 29.5 Å². The summed E-state index contributed by atoms with van der Waals surface area (Å²) in [4.78, 5) is 26.6. The molecule has 0 radical (unpaired) electrons. The molecule has 1 unspecified atom stereocenters. The van der Waals surface area contributed by atoms with Gasteiger partial charge >= 0.3 is 0 Å². The summed E-state index contributed by atoms with van der Waals surface area (Å²) in [6.45, 7) is 3.52. The van der Waals surface area contributed by atoms with E-state index in [2.05, 4.69) is 62.5 Å². The summed E-state index contributed by atoms with van der Waals surface area (Å²) in [6.07, 6.45) is 4.86. The minimum atomic E-state index is -0.108. The van der Waals surface area contributed by atoms with E-state index in [0.717, 1.165) is 59.2 Å². The van der Waals surface area contributed by atoms with Crippen molar-refractivity contribution in [2.75, 3.05) is 26.2 Å². The number of benzene rings is 3. The molecule has 2 fully saturated rings. The normalized spacial score (nSPS) is 18.6. The molecule has 1 saturated carbocycles. The molecule has 1 amide bonds. The summed E-state index contributed by atoms with van der Waals surface area (Å²) in [6, 6.07) is 22.7. The van der Waals surface area contributed by atoms with Crippen molar-refractivity contribution >= 4 is 27.6 Å². The first kappa shape index (κ1) is 22.2. The Kier molecular flexibility index (Phi) is 5.51. The number of para-hydroxylation sites is 1. The predicted octanol–water partition coefficient (Wildman–Crippen LogP) is 4.94. The number of rotatable bonds is 6. The lowest BCUT2D eigenvalue weighted by atomic mass is 10.1. The number of amides is 1. The number of hydrogen-bond acceptors (Lipinski definition) is 4. The maximum absolute atomic E-state index is 13.7. The van der Waals surface area contributed by atoms with Gasteiger partial charge in [-0.25, -0.2) is 4.98 Å². The third-order valence-corrected chi connectivity index (χ3v) is 7.84. The molecule has 1 saturated heterocycles. The molecule has 0 spiro atoms. The number of aromatic nitrogens is 4. The Morgan fingerprint density at radius 3 is 2.70 bits per heavy atom. The van der Waals surface area contributed by atoms with Crippen LogP contribution in [0.1, 0.15) is 30.4 Å². The van der Waals surface area contributed by atoms with Crippen LogP contribution in [0.25, 0.3) is 32.9 Å². The highest BCUT2D eigenvalue weighted by atomic mass is 16.2. The van der Waals surface area contributed by atoms with Gasteiger partial charge < -0.3 is 9.88 Å². The summed E-state index contributed by atoms with van der Waals surface area (Å²) >= 11 is 0. The molecule has 1 atom stereocenters. The lowest BCUT2D eigenvalue weighted by molar-refractivity contribution is -0.136. The fourth-order valence-corrected chi connectivity index (χ4v) is 5.61. The topological polar surface area (TPSA) is 80.9 Å². The van der Waals surface area contributed by atoms with Gasteiger partial charge in [-0.05, 0) is 41.7 Å². The van der Waals surface area contributed by atoms with Gasteiger partial charge in [0.2, 0.25) is 5.91 Å². The van der Waals surface area contributed by atoms with Crippen LogP contribution in [-0.4, -0.2) is 62.1 Å². The smallest absolute Gasteiger partial charge is 0.229 e. The number of nitrogens with one attached hydrogen (secondary N) is 2. The van der Waals surface area contributed by atoms with Gasteiger partial charge in [-0.2, -0.15) is 5.10 Å². The molecule has 1 aliphatic heterocycles. The number of aromatic amines is 2. The zero-order chi connectivity index (χ0) is 24.8. The maximum Gasteiger partial charge on any atom is 0.229 e. The second-order valence-electron chi connectivity index (χ2n) is 10.4. The van der Waals surface area contributed by atoms with E-state index in [1.54, 1.807) is 0 Å². The fraction of sp³-hybridized carbons (Fsp3) is 0.300. The van der Waals surface area contributed by atoms with Gasteiger partial charge in [-0.1, -0.05) is 54.6 Å². The number of hydrogen-bond donors (Lipinski definition) is 2. The molecule has 3 aromatic carbocycles. The number of carbonyl (C=O) groups is 1. The highest BCUT2D eigenvalue weighted by Gasteiger charge is 2.35. The number of imidazole rings is 1. The zero-order valence-corrected chi connectivity index (χ0v) is 20.7. The molecule has 7 nitrogen and oxygen atoms in total. The number of H-pyrrole nitrogens is 2. The van der Waals surface area contributed by atoms with Crippen LogP contribution < -0.4 is 0 Å². The summed E-state index contributed by atoms with van der Waals surface area (Å²) in [7, 11) is 0. The lowest BCUT2D eigenvalue weighted by Crippen LogP contribution is -2.51. The third-order valence-electron chi connectivity index (χ3n) is 7.84. The summed E-state index contributed by atoms with van der Waals surface area (Å²) in [5.41, 5.74) is 3.84. The van der Waals surface area contributed by atoms with Crippen molar-refractivity contribution in [3.8, 4) is 11.3 Å². The summed E-state index contributed by atoms with van der Waals surface area (Å²) in [5.74, 6) is 1.77. The van der Waals surface area contributed by atoms with E-state index in [-0.39, 0.29) is 11.9 Å². The highest BCUT2D eigenvalue weighted by Crippen LogP contribution is 2.33. The van der Waals surface area contributed by atoms with Crippen LogP contribution >= 0.6 is 0 Å². The van der Waals surface area contributed by atoms with Crippen LogP contribution in [0.5, 0.6) is 0 Å². The molecule has 3 heterocycles. The molecule has 7 heteroatoms. The molecular weight excluding hydrogens is 460 g/mol. The monoisotopic (exact) mass is 490 g/mol. The minimum Gasteiger partial charge on any atom is -0.340 e. The van der Waals surface area contributed by atoms with Gasteiger partial charge in [0.15, 0.2) is 0 Å². The largest absolute Gasteiger partial charge is 0.340 e. The van der Waals surface area contributed by atoms with Crippen molar-refractivity contribution < 1.29 is 4.79 Å². The molecule has 5 aromatic rings. The second kappa shape index (κ2) is 9.16. The molecule has 186 valence electrons. The molecule has 1 aliphatic carbocycles. The molecule has 7 rings (SSSR count). The Labute approximate surface area is 215 Å². The summed E-state index contributed by atoms with van der Waals surface area (Å²) < 4.78 is 0. The maximum atomic E-state index is 13.7. The Bertz CT molecular complexity index is 1580. The van der Waals surface area contributed by atoms with Crippen molar-refractivity contribution in [1.82, 2.24) is 30.0 Å². The van der Waals surface area contributed by atoms with E-state index in [1.165, 1.54) is 23.6 Å². The average molecular weight is 491 g/mol. The Morgan fingerprint density at radius 2 is 1.81 bits per heavy atom. The van der Waals surface area contributed by atoms with E-state index >= 15 is 0 Å². The van der Waals surface area contributed by atoms with Crippen LogP contribution in [0.3, 0.4) is 0 Å². The third kappa shape index (κ3) is 4.40. The Morgan fingerprint density at radius 1 is 0.973 bits per heavy atom. The van der Waals surface area contributed by atoms with Crippen LogP contribution in [0.4, 0.5) is 0 Å². The SMILES string of the molecule is O=C(Cc1[nH]nc2ccccc12)N1CCN(CC2CC2)CC1c1ncc(-c2ccc3ccccc3c2)[nH]1. The zero-order valence-electron chi connectivity index (χ0n) is 20.7. The Balaban J connectivity index is 1.17. The lowest BCUT2D eigenvalue weighted by Gasteiger charge is -2.40. The van der Waals surface area contributed by atoms with Gasteiger partial charge in [0.1, 0.15) is 11.9 Å². The highest BCUT2D eigenvalue weighted by molar-refractivity contribution is 5.88. The van der Waals surface area contributed by atoms with Crippen LogP contribution in [0, 0.1) is 5.92 Å². The van der Waals surface area contributed by atoms with E-state index in [1.807, 2.05) is 35.4 Å². The van der Waals surface area contributed by atoms with E-state index < -0.39 is 0 Å². The molecule has 37 heavy (non-hydrogen) atoms. The van der Waals surface area contributed by atoms with Crippen LogP contribution in [0.15, 0.2) is 72.9 Å². The molecule has 0 bridgehead atoms. The molecule has 2 aromatic heterocycles. The van der Waals surface area contributed by atoms with Gasteiger partial charge in [0.25, 0.3) is 0 Å². The van der Waals surface area contributed by atoms with Gasteiger partial charge in [-0.3, -0.25) is 14.8 Å². The Hall–Kier alpha value is -3.97. The van der Waals surface area contributed by atoms with E-state index in [9.17, 15) is 4.79 Å². The van der Waals surface area contributed by atoms with Gasteiger partial charge in [0, 0.05) is 37.1 Å². The van der Waals surface area contributed by atoms with Crippen molar-refractivity contribution in [3.63, 3.8) is 0 Å². The van der Waals surface area contributed by atoms with Crippen molar-refractivity contribution in [2.24, 2.45) is 5.92 Å². The van der Waals surface area contributed by atoms with Crippen molar-refractivity contribution in [1.29, 1.82) is 0 Å². The first-order valence-electron chi connectivity index (χ1n) is 13.2. The quantitative estimate of drug-likeness (QED) is 0.353. The van der Waals surface area contributed by atoms with Crippen molar-refractivity contribution in [3.05, 3.63) is 84.4 Å². The van der Waals surface area contributed by atoms with Crippen LogP contribution in [0.2, 0.25) is 0 Å². The first-order valence-corrected chi connectivity index (χ1v) is 13.2. The standard InChI is InChI=1S/C30H30N6O/c37-29(16-26-24-7-3-4-8-25(24)33-34-26)36-14-13-35(18-20-9-10-20)19-28(36)30-31-17-27(32-30)23-12-11-21-5-1-2-6-22(21)15-23/h1-8,11-12,15,17,20,28H,9-10,13-14,16,18-19H2,(H,31,32)(H,33,34). The second-order valence-corrected chi connectivity index (χ2v) is 10.4. The van der Waals surface area contributed by atoms with E-state index in [0.29, 0.717) is 13.0 Å². The predicted molar refractivity (Wildman–Crippen MR) is 145 cm³/mol. The first-order chi connectivity index (χ1) is 18.2. The minimum absolute atomic E-state index is 0.106. The summed E-state index contributed by atoms with van der Waals surface area (Å²) in [5, 5.41) is 10.9. The van der Waals surface area contributed by atoms with Crippen molar-refractivity contribution in [2.45, 2.75) is 25.3 Å². The number of carbonyl (C=O) groups excluding carboxylic acids is 1. The number of fused-ring (bicyclic) bond motifs is 2. The van der Waals surface area contributed by atoms with Gasteiger partial charge in [-0.15, -0.1) is 0 Å². The molecule has 2 N–H and O–H groups in total. The average Bonchev–Trinajstić information content (AvgIpc) is 3.45. The van der Waals surface area contributed by atoms with Crippen LogP contribution in [-0.2, 0) is 11.2 Å². The molecule has 2 aliphatic rings. The van der Waals surface area contributed by atoms with E-state index in [4.69, 9.17) is 4.98 Å². The fourth-order valence-electron chi connectivity index (χ4n) is 5.61. The number of nitrogens with zero attached hydrogens (tertiary/aromatic N) is 4. The molecular formula is C30H30N6O.